The van der Waals surface area contributed by atoms with E-state index in [-0.39, 0.29) is 5.56 Å². The summed E-state index contributed by atoms with van der Waals surface area (Å²) in [5.74, 6) is -1.24. The largest absolute Gasteiger partial charge is 0.383 e. The van der Waals surface area contributed by atoms with E-state index in [1.807, 2.05) is 0 Å². The fraction of sp³-hybridized carbons (Fsp3) is 0.588. The van der Waals surface area contributed by atoms with E-state index in [1.165, 1.54) is 29.5 Å². The molecule has 0 radical (unpaired) electrons. The Bertz CT molecular complexity index is 712. The van der Waals surface area contributed by atoms with Crippen LogP contribution >= 0.6 is 0 Å². The van der Waals surface area contributed by atoms with Crippen LogP contribution in [0.4, 0.5) is 4.39 Å². The second-order valence-electron chi connectivity index (χ2n) is 6.03. The number of hydrogen-bond donors (Lipinski definition) is 0. The molecule has 0 N–H and O–H groups in total. The molecule has 0 unspecified atom stereocenters. The Balaban J connectivity index is 2.30. The molecule has 1 saturated heterocycles. The van der Waals surface area contributed by atoms with E-state index in [2.05, 4.69) is 0 Å². The molecule has 0 bridgehead atoms. The summed E-state index contributed by atoms with van der Waals surface area (Å²) < 4.78 is 50.8. The number of benzene rings is 1. The highest BCUT2D eigenvalue weighted by atomic mass is 32.2. The van der Waals surface area contributed by atoms with Crippen LogP contribution < -0.4 is 0 Å². The van der Waals surface area contributed by atoms with E-state index >= 15 is 0 Å². The molecule has 0 saturated carbocycles. The Labute approximate surface area is 153 Å². The number of methoxy groups -OCH3 is 2. The van der Waals surface area contributed by atoms with Crippen molar-refractivity contribution in [2.75, 3.05) is 53.6 Å². The van der Waals surface area contributed by atoms with Gasteiger partial charge in [-0.15, -0.1) is 0 Å². The lowest BCUT2D eigenvalue weighted by atomic mass is 10.2. The minimum Gasteiger partial charge on any atom is -0.383 e. The number of ether oxygens (including phenoxy) is 2. The van der Waals surface area contributed by atoms with Gasteiger partial charge in [-0.3, -0.25) is 4.79 Å². The summed E-state index contributed by atoms with van der Waals surface area (Å²) in [5, 5.41) is 0. The third kappa shape index (κ3) is 4.79. The van der Waals surface area contributed by atoms with Crippen molar-refractivity contribution in [3.63, 3.8) is 0 Å². The SMILES string of the molecule is COCCN(CCOC)C(=O)c1ccc(F)c(S(=O)(=O)N2CCCC2)c1. The molecule has 1 aromatic rings. The Morgan fingerprint density at radius 3 is 2.27 bits per heavy atom. The molecule has 1 fully saturated rings. The number of carbonyl (C=O) groups excluding carboxylic acids is 1. The van der Waals surface area contributed by atoms with Crippen molar-refractivity contribution in [2.24, 2.45) is 0 Å². The zero-order chi connectivity index (χ0) is 19.2. The molecule has 1 aliphatic rings. The summed E-state index contributed by atoms with van der Waals surface area (Å²) >= 11 is 0. The fourth-order valence-electron chi connectivity index (χ4n) is 2.80. The van der Waals surface area contributed by atoms with E-state index in [1.54, 1.807) is 0 Å². The minimum absolute atomic E-state index is 0.122. The minimum atomic E-state index is -3.95. The van der Waals surface area contributed by atoms with Gasteiger partial charge in [0.15, 0.2) is 0 Å². The van der Waals surface area contributed by atoms with E-state index in [9.17, 15) is 17.6 Å². The Hall–Kier alpha value is -1.55. The number of halogens is 1. The maximum absolute atomic E-state index is 14.2. The average molecular weight is 388 g/mol. The zero-order valence-electron chi connectivity index (χ0n) is 15.1. The van der Waals surface area contributed by atoms with Gasteiger partial charge in [-0.1, -0.05) is 0 Å². The first-order valence-electron chi connectivity index (χ1n) is 8.48. The summed E-state index contributed by atoms with van der Waals surface area (Å²) in [6.45, 7) is 2.04. The highest BCUT2D eigenvalue weighted by Crippen LogP contribution is 2.24. The predicted octanol–water partition coefficient (Wildman–Crippen LogP) is 1.35. The summed E-state index contributed by atoms with van der Waals surface area (Å²) in [6, 6.07) is 3.45. The third-order valence-electron chi connectivity index (χ3n) is 4.28. The monoisotopic (exact) mass is 388 g/mol. The van der Waals surface area contributed by atoms with E-state index in [0.29, 0.717) is 39.4 Å². The normalized spacial score (nSPS) is 15.3. The van der Waals surface area contributed by atoms with Crippen LogP contribution in [0.5, 0.6) is 0 Å². The Morgan fingerprint density at radius 1 is 1.15 bits per heavy atom. The molecule has 146 valence electrons. The molecule has 2 rings (SSSR count). The number of rotatable bonds is 9. The molecule has 9 heteroatoms. The van der Waals surface area contributed by atoms with Crippen LogP contribution in [-0.4, -0.2) is 77.1 Å². The van der Waals surface area contributed by atoms with E-state index in [0.717, 1.165) is 25.0 Å². The van der Waals surface area contributed by atoms with Crippen LogP contribution in [0.2, 0.25) is 0 Å². The van der Waals surface area contributed by atoms with Crippen molar-refractivity contribution in [1.29, 1.82) is 0 Å². The zero-order valence-corrected chi connectivity index (χ0v) is 15.9. The lowest BCUT2D eigenvalue weighted by Crippen LogP contribution is -2.36. The molecule has 1 aromatic carbocycles. The molecule has 1 amide bonds. The summed E-state index contributed by atoms with van der Waals surface area (Å²) in [5.41, 5.74) is 0.122. The molecular formula is C17H25FN2O5S. The van der Waals surface area contributed by atoms with Gasteiger partial charge in [-0.25, -0.2) is 12.8 Å². The first-order chi connectivity index (χ1) is 12.4. The maximum Gasteiger partial charge on any atom is 0.254 e. The lowest BCUT2D eigenvalue weighted by molar-refractivity contribution is 0.0627. The molecule has 1 aliphatic heterocycles. The van der Waals surface area contributed by atoms with Crippen molar-refractivity contribution in [3.8, 4) is 0 Å². The first kappa shape index (κ1) is 20.8. The van der Waals surface area contributed by atoms with E-state index < -0.39 is 26.6 Å². The van der Waals surface area contributed by atoms with Crippen molar-refractivity contribution in [1.82, 2.24) is 9.21 Å². The first-order valence-corrected chi connectivity index (χ1v) is 9.92. The number of nitrogens with zero attached hydrogens (tertiary/aromatic N) is 2. The number of amides is 1. The van der Waals surface area contributed by atoms with Gasteiger partial charge >= 0.3 is 0 Å². The number of hydrogen-bond acceptors (Lipinski definition) is 5. The van der Waals surface area contributed by atoms with Gasteiger partial charge in [-0.2, -0.15) is 4.31 Å². The van der Waals surface area contributed by atoms with E-state index in [4.69, 9.17) is 9.47 Å². The van der Waals surface area contributed by atoms with Crippen molar-refractivity contribution in [3.05, 3.63) is 29.6 Å². The highest BCUT2D eigenvalue weighted by Gasteiger charge is 2.30. The Kier molecular flexibility index (Phi) is 7.51. The van der Waals surface area contributed by atoms with Gasteiger partial charge in [0.2, 0.25) is 10.0 Å². The number of carbonyl (C=O) groups is 1. The van der Waals surface area contributed by atoms with Crippen LogP contribution in [0.25, 0.3) is 0 Å². The smallest absolute Gasteiger partial charge is 0.254 e. The Morgan fingerprint density at radius 2 is 1.73 bits per heavy atom. The second kappa shape index (κ2) is 9.40. The van der Waals surface area contributed by atoms with Crippen LogP contribution in [0, 0.1) is 5.82 Å². The highest BCUT2D eigenvalue weighted by molar-refractivity contribution is 7.89. The van der Waals surface area contributed by atoms with Gasteiger partial charge in [0.25, 0.3) is 5.91 Å². The maximum atomic E-state index is 14.2. The van der Waals surface area contributed by atoms with Gasteiger partial charge in [0.05, 0.1) is 13.2 Å². The van der Waals surface area contributed by atoms with Crippen LogP contribution in [0.3, 0.4) is 0 Å². The van der Waals surface area contributed by atoms with Crippen LogP contribution in [-0.2, 0) is 19.5 Å². The third-order valence-corrected chi connectivity index (χ3v) is 6.19. The van der Waals surface area contributed by atoms with Crippen LogP contribution in [0.1, 0.15) is 23.2 Å². The van der Waals surface area contributed by atoms with Crippen LogP contribution in [0.15, 0.2) is 23.1 Å². The summed E-state index contributed by atoms with van der Waals surface area (Å²) in [6.07, 6.45) is 1.50. The van der Waals surface area contributed by atoms with Crippen molar-refractivity contribution >= 4 is 15.9 Å². The standard InChI is InChI=1S/C17H25FN2O5S/c1-24-11-9-19(10-12-25-2)17(21)14-5-6-15(18)16(13-14)26(22,23)20-7-3-4-8-20/h5-6,13H,3-4,7-12H2,1-2H3. The molecule has 0 aliphatic carbocycles. The quantitative estimate of drug-likeness (QED) is 0.638. The number of sulfonamides is 1. The van der Waals surface area contributed by atoms with Gasteiger partial charge < -0.3 is 14.4 Å². The van der Waals surface area contributed by atoms with Gasteiger partial charge in [-0.05, 0) is 31.0 Å². The van der Waals surface area contributed by atoms with Gasteiger partial charge in [0.1, 0.15) is 10.7 Å². The molecule has 0 atom stereocenters. The lowest BCUT2D eigenvalue weighted by Gasteiger charge is -2.23. The molecule has 7 nitrogen and oxygen atoms in total. The van der Waals surface area contributed by atoms with Gasteiger partial charge in [0, 0.05) is 46.0 Å². The molecule has 0 spiro atoms. The summed E-state index contributed by atoms with van der Waals surface area (Å²) in [7, 11) is -0.896. The topological polar surface area (TPSA) is 76.1 Å². The second-order valence-corrected chi connectivity index (χ2v) is 7.94. The summed E-state index contributed by atoms with van der Waals surface area (Å²) in [4.78, 5) is 13.8. The molecule has 26 heavy (non-hydrogen) atoms. The molecular weight excluding hydrogens is 363 g/mol. The molecule has 0 aromatic heterocycles. The predicted molar refractivity (Wildman–Crippen MR) is 94.0 cm³/mol. The van der Waals surface area contributed by atoms with Crippen molar-refractivity contribution < 1.29 is 27.1 Å². The average Bonchev–Trinajstić information content (AvgIpc) is 3.17. The fourth-order valence-corrected chi connectivity index (χ4v) is 4.41. The van der Waals surface area contributed by atoms with Crippen molar-refractivity contribution in [2.45, 2.75) is 17.7 Å². The molecule has 1 heterocycles.